The van der Waals surface area contributed by atoms with Crippen molar-refractivity contribution in [1.29, 1.82) is 0 Å². The fourth-order valence-corrected chi connectivity index (χ4v) is 5.66. The Labute approximate surface area is 189 Å². The number of fused-ring (bicyclic) bond motifs is 1. The van der Waals surface area contributed by atoms with Gasteiger partial charge in [-0.05, 0) is 60.7 Å². The van der Waals surface area contributed by atoms with E-state index in [1.165, 1.54) is 17.7 Å². The number of aryl methyl sites for hydroxylation is 3. The Hall–Kier alpha value is -3.16. The molecule has 3 aromatic rings. The van der Waals surface area contributed by atoms with Gasteiger partial charge in [0.15, 0.2) is 0 Å². The summed E-state index contributed by atoms with van der Waals surface area (Å²) in [6.07, 6.45) is 0. The second-order valence-electron chi connectivity index (χ2n) is 8.39. The zero-order valence-electron chi connectivity index (χ0n) is 18.4. The van der Waals surface area contributed by atoms with Crippen molar-refractivity contribution in [3.63, 3.8) is 0 Å². The van der Waals surface area contributed by atoms with Crippen molar-refractivity contribution in [2.24, 2.45) is 0 Å². The van der Waals surface area contributed by atoms with E-state index in [0.717, 1.165) is 27.8 Å². The van der Waals surface area contributed by atoms with Gasteiger partial charge in [0.25, 0.3) is 15.9 Å². The summed E-state index contributed by atoms with van der Waals surface area (Å²) in [5.41, 5.74) is 12.4. The first-order chi connectivity index (χ1) is 15.2. The van der Waals surface area contributed by atoms with Crippen LogP contribution in [0.15, 0.2) is 65.6 Å². The summed E-state index contributed by atoms with van der Waals surface area (Å²) in [6.45, 7) is 7.30. The maximum atomic E-state index is 13.4. The lowest BCUT2D eigenvalue weighted by atomic mass is 9.99. The first-order valence-corrected chi connectivity index (χ1v) is 12.0. The maximum absolute atomic E-state index is 13.4. The number of hydrogen-bond acceptors (Lipinski definition) is 5. The van der Waals surface area contributed by atoms with Crippen molar-refractivity contribution in [3.05, 3.63) is 94.0 Å². The lowest BCUT2D eigenvalue weighted by Crippen LogP contribution is -2.40. The number of carbonyl (C=O) groups excluding carboxylic acids is 1. The Morgan fingerprint density at radius 3 is 2.34 bits per heavy atom. The normalized spacial score (nSPS) is 16.0. The molecule has 0 saturated carbocycles. The number of nitrogens with one attached hydrogen (secondary N) is 1. The van der Waals surface area contributed by atoms with E-state index >= 15 is 0 Å². The standard InChI is InChI=1S/C25H27N3O3S/c1-16-12-17(2)21(18(3)13-16)15-28-14-19-8-4-5-9-20(19)24(28)25(29)27-32(30,31)23-11-7-6-10-22(23)26/h4-13,24H,14-15,26H2,1-3H3,(H,27,29). The summed E-state index contributed by atoms with van der Waals surface area (Å²) in [5, 5.41) is 0. The molecule has 0 aliphatic carbocycles. The van der Waals surface area contributed by atoms with E-state index in [-0.39, 0.29) is 10.6 Å². The van der Waals surface area contributed by atoms with Crippen molar-refractivity contribution in [1.82, 2.24) is 9.62 Å². The van der Waals surface area contributed by atoms with Gasteiger partial charge >= 0.3 is 0 Å². The van der Waals surface area contributed by atoms with Gasteiger partial charge in [0, 0.05) is 13.1 Å². The lowest BCUT2D eigenvalue weighted by molar-refractivity contribution is -0.124. The van der Waals surface area contributed by atoms with E-state index in [2.05, 4.69) is 37.6 Å². The minimum Gasteiger partial charge on any atom is -0.398 e. The number of rotatable bonds is 5. The highest BCUT2D eigenvalue weighted by Gasteiger charge is 2.37. The minimum atomic E-state index is -4.10. The maximum Gasteiger partial charge on any atom is 0.266 e. The molecular weight excluding hydrogens is 422 g/mol. The number of anilines is 1. The predicted octanol–water partition coefficient (Wildman–Crippen LogP) is 3.76. The highest BCUT2D eigenvalue weighted by Crippen LogP contribution is 2.36. The van der Waals surface area contributed by atoms with Gasteiger partial charge < -0.3 is 5.73 Å². The Kier molecular flexibility index (Phi) is 5.79. The molecule has 0 aromatic heterocycles. The van der Waals surface area contributed by atoms with Crippen molar-refractivity contribution in [2.45, 2.75) is 44.8 Å². The summed E-state index contributed by atoms with van der Waals surface area (Å²) >= 11 is 0. The largest absolute Gasteiger partial charge is 0.398 e. The molecular formula is C25H27N3O3S. The zero-order chi connectivity index (χ0) is 23.0. The molecule has 32 heavy (non-hydrogen) atoms. The molecule has 3 aromatic carbocycles. The molecule has 3 N–H and O–H groups in total. The molecule has 1 atom stereocenters. The molecule has 0 spiro atoms. The van der Waals surface area contributed by atoms with E-state index in [1.54, 1.807) is 12.1 Å². The third-order valence-electron chi connectivity index (χ3n) is 5.98. The first-order valence-electron chi connectivity index (χ1n) is 10.5. The van der Waals surface area contributed by atoms with Gasteiger partial charge in [-0.15, -0.1) is 0 Å². The van der Waals surface area contributed by atoms with Crippen LogP contribution >= 0.6 is 0 Å². The number of nitrogens with zero attached hydrogens (tertiary/aromatic N) is 1. The van der Waals surface area contributed by atoms with Crippen molar-refractivity contribution in [3.8, 4) is 0 Å². The minimum absolute atomic E-state index is 0.0994. The van der Waals surface area contributed by atoms with Crippen molar-refractivity contribution >= 4 is 21.6 Å². The highest BCUT2D eigenvalue weighted by atomic mass is 32.2. The van der Waals surface area contributed by atoms with E-state index in [9.17, 15) is 13.2 Å². The number of nitrogens with two attached hydrogens (primary N) is 1. The summed E-state index contributed by atoms with van der Waals surface area (Å²) < 4.78 is 28.1. The second-order valence-corrected chi connectivity index (χ2v) is 10.0. The van der Waals surface area contributed by atoms with E-state index in [1.807, 2.05) is 29.2 Å². The SMILES string of the molecule is Cc1cc(C)c(CN2Cc3ccccc3C2C(=O)NS(=O)(=O)c2ccccc2N)c(C)c1. The first kappa shape index (κ1) is 22.0. The van der Waals surface area contributed by atoms with Crippen LogP contribution < -0.4 is 10.5 Å². The van der Waals surface area contributed by atoms with Crippen LogP contribution in [0.2, 0.25) is 0 Å². The number of benzene rings is 3. The van der Waals surface area contributed by atoms with Crippen LogP contribution in [0.4, 0.5) is 5.69 Å². The molecule has 0 saturated heterocycles. The topological polar surface area (TPSA) is 92.5 Å². The molecule has 4 rings (SSSR count). The molecule has 0 bridgehead atoms. The number of para-hydroxylation sites is 1. The molecule has 0 fully saturated rings. The average Bonchev–Trinajstić information content (AvgIpc) is 3.08. The highest BCUT2D eigenvalue weighted by molar-refractivity contribution is 7.90. The van der Waals surface area contributed by atoms with Crippen molar-refractivity contribution in [2.75, 3.05) is 5.73 Å². The van der Waals surface area contributed by atoms with Crippen LogP contribution in [0.5, 0.6) is 0 Å². The quantitative estimate of drug-likeness (QED) is 0.579. The fraction of sp³-hybridized carbons (Fsp3) is 0.240. The molecule has 0 radical (unpaired) electrons. The summed E-state index contributed by atoms with van der Waals surface area (Å²) in [4.78, 5) is 15.3. The van der Waals surface area contributed by atoms with Gasteiger partial charge in [-0.2, -0.15) is 0 Å². The number of nitrogen functional groups attached to an aromatic ring is 1. The number of sulfonamides is 1. The molecule has 1 aliphatic rings. The second kappa shape index (κ2) is 8.41. The third kappa shape index (κ3) is 4.13. The van der Waals surface area contributed by atoms with E-state index in [0.29, 0.717) is 13.1 Å². The third-order valence-corrected chi connectivity index (χ3v) is 7.40. The van der Waals surface area contributed by atoms with Crippen LogP contribution in [-0.4, -0.2) is 19.2 Å². The Balaban J connectivity index is 1.68. The molecule has 1 heterocycles. The van der Waals surface area contributed by atoms with E-state index < -0.39 is 22.0 Å². The monoisotopic (exact) mass is 449 g/mol. The number of carbonyl (C=O) groups is 1. The van der Waals surface area contributed by atoms with Gasteiger partial charge in [-0.3, -0.25) is 9.69 Å². The molecule has 1 unspecified atom stereocenters. The van der Waals surface area contributed by atoms with Crippen LogP contribution in [0.1, 0.15) is 39.4 Å². The smallest absolute Gasteiger partial charge is 0.266 e. The van der Waals surface area contributed by atoms with Gasteiger partial charge in [0.05, 0.1) is 5.69 Å². The molecule has 1 amide bonds. The summed E-state index contributed by atoms with van der Waals surface area (Å²) in [7, 11) is -4.10. The average molecular weight is 450 g/mol. The Morgan fingerprint density at radius 2 is 1.66 bits per heavy atom. The van der Waals surface area contributed by atoms with Gasteiger partial charge in [-0.25, -0.2) is 13.1 Å². The van der Waals surface area contributed by atoms with E-state index in [4.69, 9.17) is 5.73 Å². The summed E-state index contributed by atoms with van der Waals surface area (Å²) in [5.74, 6) is -0.583. The van der Waals surface area contributed by atoms with Crippen molar-refractivity contribution < 1.29 is 13.2 Å². The van der Waals surface area contributed by atoms with Crippen LogP contribution in [0.3, 0.4) is 0 Å². The van der Waals surface area contributed by atoms with Crippen LogP contribution in [-0.2, 0) is 27.9 Å². The molecule has 166 valence electrons. The molecule has 1 aliphatic heterocycles. The van der Waals surface area contributed by atoms with Crippen LogP contribution in [0.25, 0.3) is 0 Å². The van der Waals surface area contributed by atoms with Gasteiger partial charge in [0.2, 0.25) is 0 Å². The predicted molar refractivity (Wildman–Crippen MR) is 125 cm³/mol. The van der Waals surface area contributed by atoms with Gasteiger partial charge in [0.1, 0.15) is 10.9 Å². The molecule has 7 heteroatoms. The number of hydrogen-bond donors (Lipinski definition) is 2. The number of amides is 1. The van der Waals surface area contributed by atoms with Crippen LogP contribution in [0, 0.1) is 20.8 Å². The molecule has 6 nitrogen and oxygen atoms in total. The fourth-order valence-electron chi connectivity index (χ4n) is 4.54. The lowest BCUT2D eigenvalue weighted by Gasteiger charge is -2.26. The zero-order valence-corrected chi connectivity index (χ0v) is 19.2. The Morgan fingerprint density at radius 1 is 1.03 bits per heavy atom. The Bertz CT molecular complexity index is 1280. The van der Waals surface area contributed by atoms with Gasteiger partial charge in [-0.1, -0.05) is 54.1 Å². The summed E-state index contributed by atoms with van der Waals surface area (Å²) in [6, 6.07) is 17.3.